The lowest BCUT2D eigenvalue weighted by atomic mass is 10.0. The number of unbranched alkanes of at least 4 members (excludes halogenated alkanes) is 50. The van der Waals surface area contributed by atoms with Crippen LogP contribution in [0.1, 0.15) is 393 Å². The number of aliphatic hydroxyl groups excluding tert-OH is 2. The zero-order valence-corrected chi connectivity index (χ0v) is 53.4. The molecule has 79 heavy (non-hydrogen) atoms. The maximum Gasteiger partial charge on any atom is 0.305 e. The van der Waals surface area contributed by atoms with Gasteiger partial charge in [0.1, 0.15) is 0 Å². The second-order valence-electron chi connectivity index (χ2n) is 24.6. The van der Waals surface area contributed by atoms with E-state index < -0.39 is 12.1 Å². The number of hydrogen-bond acceptors (Lipinski definition) is 5. The van der Waals surface area contributed by atoms with Crippen LogP contribution in [-0.2, 0) is 14.3 Å². The molecule has 0 rings (SSSR count). The van der Waals surface area contributed by atoms with Crippen molar-refractivity contribution < 1.29 is 24.5 Å². The van der Waals surface area contributed by atoms with Gasteiger partial charge in [0.05, 0.1) is 25.4 Å². The van der Waals surface area contributed by atoms with Crippen molar-refractivity contribution in [2.45, 2.75) is 405 Å². The molecule has 0 heterocycles. The average molecular weight is 1110 g/mol. The van der Waals surface area contributed by atoms with Crippen molar-refractivity contribution in [2.75, 3.05) is 13.2 Å². The molecule has 2 atom stereocenters. The van der Waals surface area contributed by atoms with Crippen molar-refractivity contribution in [3.8, 4) is 0 Å². The quantitative estimate of drug-likeness (QED) is 0.0320. The second kappa shape index (κ2) is 68.6. The molecule has 466 valence electrons. The van der Waals surface area contributed by atoms with E-state index in [-0.39, 0.29) is 18.5 Å². The van der Waals surface area contributed by atoms with Crippen LogP contribution < -0.4 is 5.32 Å². The number of ether oxygens (including phenoxy) is 1. The summed E-state index contributed by atoms with van der Waals surface area (Å²) in [4.78, 5) is 24.6. The third-order valence-electron chi connectivity index (χ3n) is 16.7. The first-order chi connectivity index (χ1) is 39.0. The Labute approximate surface area is 494 Å². The molecule has 0 spiro atoms. The van der Waals surface area contributed by atoms with Crippen LogP contribution in [0.25, 0.3) is 0 Å². The number of carbonyl (C=O) groups excluding carboxylic acids is 2. The number of carbonyl (C=O) groups is 2. The number of esters is 1. The van der Waals surface area contributed by atoms with Gasteiger partial charge in [-0.3, -0.25) is 9.59 Å². The van der Waals surface area contributed by atoms with Gasteiger partial charge < -0.3 is 20.3 Å². The van der Waals surface area contributed by atoms with Crippen LogP contribution in [0, 0.1) is 0 Å². The van der Waals surface area contributed by atoms with Gasteiger partial charge in [-0.05, 0) is 83.5 Å². The van der Waals surface area contributed by atoms with Gasteiger partial charge in [0.15, 0.2) is 0 Å². The minimum Gasteiger partial charge on any atom is -0.466 e. The van der Waals surface area contributed by atoms with E-state index in [0.29, 0.717) is 25.9 Å². The molecule has 0 aromatic carbocycles. The molecule has 1 amide bonds. The Morgan fingerprint density at radius 2 is 0.633 bits per heavy atom. The summed E-state index contributed by atoms with van der Waals surface area (Å²) >= 11 is 0. The Balaban J connectivity index is 3.37. The van der Waals surface area contributed by atoms with Gasteiger partial charge in [0.2, 0.25) is 5.91 Å². The summed E-state index contributed by atoms with van der Waals surface area (Å²) in [5.74, 6) is -0.0221. The Morgan fingerprint density at radius 3 is 0.975 bits per heavy atom. The zero-order chi connectivity index (χ0) is 57.1. The molecule has 3 N–H and O–H groups in total. The van der Waals surface area contributed by atoms with Crippen LogP contribution in [0.2, 0.25) is 0 Å². The van der Waals surface area contributed by atoms with Crippen molar-refractivity contribution >= 4 is 11.9 Å². The van der Waals surface area contributed by atoms with Crippen molar-refractivity contribution in [2.24, 2.45) is 0 Å². The third-order valence-corrected chi connectivity index (χ3v) is 16.7. The van der Waals surface area contributed by atoms with Gasteiger partial charge in [0, 0.05) is 12.8 Å². The number of rotatable bonds is 67. The largest absolute Gasteiger partial charge is 0.466 e. The highest BCUT2D eigenvalue weighted by Gasteiger charge is 2.20. The molecule has 0 aromatic rings. The van der Waals surface area contributed by atoms with E-state index in [2.05, 4.69) is 55.6 Å². The van der Waals surface area contributed by atoms with Gasteiger partial charge in [-0.2, -0.15) is 0 Å². The van der Waals surface area contributed by atoms with Crippen LogP contribution in [0.3, 0.4) is 0 Å². The molecule has 0 radical (unpaired) electrons. The molecular formula is C73H139NO5. The molecule has 6 heteroatoms. The SMILES string of the molecule is CCCCCCCCC/C=C\CCCCCCCCCC(=O)OCCCCCCCCCCC/C=C\C/C=C\CCCCCCCCCCCCCCCCCC(=O)NC(CO)C(O)CCCCCCCCCCCCCCC. The van der Waals surface area contributed by atoms with Crippen LogP contribution in [-0.4, -0.2) is 47.4 Å². The molecule has 0 fully saturated rings. The lowest BCUT2D eigenvalue weighted by Crippen LogP contribution is -2.45. The monoisotopic (exact) mass is 1110 g/mol. The van der Waals surface area contributed by atoms with Crippen LogP contribution in [0.15, 0.2) is 36.5 Å². The van der Waals surface area contributed by atoms with Gasteiger partial charge in [-0.15, -0.1) is 0 Å². The highest BCUT2D eigenvalue weighted by atomic mass is 16.5. The summed E-state index contributed by atoms with van der Waals surface area (Å²) in [6.45, 7) is 4.97. The third kappa shape index (κ3) is 65.1. The van der Waals surface area contributed by atoms with E-state index in [4.69, 9.17) is 4.74 Å². The molecular weight excluding hydrogens is 971 g/mol. The number of nitrogens with one attached hydrogen (secondary N) is 1. The molecule has 2 unspecified atom stereocenters. The van der Waals surface area contributed by atoms with E-state index in [1.807, 2.05) is 0 Å². The highest BCUT2D eigenvalue weighted by molar-refractivity contribution is 5.76. The normalized spacial score (nSPS) is 12.7. The zero-order valence-electron chi connectivity index (χ0n) is 53.4. The Bertz CT molecular complexity index is 1280. The molecule has 0 aliphatic rings. The molecule has 0 aliphatic carbocycles. The van der Waals surface area contributed by atoms with E-state index >= 15 is 0 Å². The lowest BCUT2D eigenvalue weighted by molar-refractivity contribution is -0.143. The second-order valence-corrected chi connectivity index (χ2v) is 24.6. The van der Waals surface area contributed by atoms with Crippen molar-refractivity contribution in [1.29, 1.82) is 0 Å². The minimum atomic E-state index is -0.663. The summed E-state index contributed by atoms with van der Waals surface area (Å²) in [6.07, 6.45) is 87.7. The summed E-state index contributed by atoms with van der Waals surface area (Å²) in [7, 11) is 0. The molecule has 0 aromatic heterocycles. The predicted molar refractivity (Wildman–Crippen MR) is 347 cm³/mol. The fourth-order valence-electron chi connectivity index (χ4n) is 11.2. The van der Waals surface area contributed by atoms with Crippen LogP contribution in [0.4, 0.5) is 0 Å². The maximum atomic E-state index is 12.5. The first kappa shape index (κ1) is 77.1. The summed E-state index contributed by atoms with van der Waals surface area (Å²) in [6, 6.07) is -0.540. The highest BCUT2D eigenvalue weighted by Crippen LogP contribution is 2.18. The molecule has 6 nitrogen and oxygen atoms in total. The average Bonchev–Trinajstić information content (AvgIpc) is 3.45. The summed E-state index contributed by atoms with van der Waals surface area (Å²) in [5.41, 5.74) is 0. The number of aliphatic hydroxyl groups is 2. The van der Waals surface area contributed by atoms with E-state index in [1.165, 1.54) is 308 Å². The standard InChI is InChI=1S/C73H139NO5/c1-3-5-7-9-11-13-15-17-18-19-36-39-43-47-51-55-59-63-67-73(78)79-68-64-60-56-52-48-44-40-37-34-32-30-28-26-24-22-20-21-23-25-27-29-31-33-35-38-42-46-50-54-58-62-66-72(77)74-70(69-75)71(76)65-61-57-53-49-45-41-16-14-12-10-8-6-4-2/h18-19,22,24,28,30,70-71,75-76H,3-17,20-21,23,25-27,29,31-69H2,1-2H3,(H,74,77)/b19-18-,24-22-,30-28-. The fraction of sp³-hybridized carbons (Fsp3) is 0.890. The van der Waals surface area contributed by atoms with Crippen molar-refractivity contribution in [3.63, 3.8) is 0 Å². The summed E-state index contributed by atoms with van der Waals surface area (Å²) in [5, 5.41) is 23.3. The number of amides is 1. The Hall–Kier alpha value is -1.92. The van der Waals surface area contributed by atoms with Crippen molar-refractivity contribution in [3.05, 3.63) is 36.5 Å². The van der Waals surface area contributed by atoms with Crippen molar-refractivity contribution in [1.82, 2.24) is 5.32 Å². The van der Waals surface area contributed by atoms with E-state index in [9.17, 15) is 19.8 Å². The Kier molecular flexibility index (Phi) is 66.9. The predicted octanol–water partition coefficient (Wildman–Crippen LogP) is 23.1. The maximum absolute atomic E-state index is 12.5. The number of allylic oxidation sites excluding steroid dienone is 6. The lowest BCUT2D eigenvalue weighted by Gasteiger charge is -2.22. The topological polar surface area (TPSA) is 95.9 Å². The van der Waals surface area contributed by atoms with Gasteiger partial charge in [-0.25, -0.2) is 0 Å². The van der Waals surface area contributed by atoms with Gasteiger partial charge >= 0.3 is 5.97 Å². The first-order valence-electron chi connectivity index (χ1n) is 35.7. The van der Waals surface area contributed by atoms with E-state index in [0.717, 1.165) is 51.4 Å². The van der Waals surface area contributed by atoms with Crippen LogP contribution >= 0.6 is 0 Å². The number of hydrogen-bond donors (Lipinski definition) is 3. The minimum absolute atomic E-state index is 0.0107. The van der Waals surface area contributed by atoms with Crippen LogP contribution in [0.5, 0.6) is 0 Å². The summed E-state index contributed by atoms with van der Waals surface area (Å²) < 4.78 is 5.50. The molecule has 0 aliphatic heterocycles. The first-order valence-corrected chi connectivity index (χ1v) is 35.7. The van der Waals surface area contributed by atoms with Gasteiger partial charge in [0.25, 0.3) is 0 Å². The smallest absolute Gasteiger partial charge is 0.305 e. The van der Waals surface area contributed by atoms with Gasteiger partial charge in [-0.1, -0.05) is 333 Å². The fourth-order valence-corrected chi connectivity index (χ4v) is 11.2. The van der Waals surface area contributed by atoms with E-state index in [1.54, 1.807) is 0 Å². The molecule has 0 bridgehead atoms. The molecule has 0 saturated heterocycles. The Morgan fingerprint density at radius 1 is 0.354 bits per heavy atom. The molecule has 0 saturated carbocycles.